The van der Waals surface area contributed by atoms with Gasteiger partial charge in [0.15, 0.2) is 0 Å². The molecule has 1 amide bonds. The molecule has 0 aliphatic rings. The molecular formula is C9H20N2O2. The van der Waals surface area contributed by atoms with Gasteiger partial charge in [-0.15, -0.1) is 0 Å². The zero-order valence-corrected chi connectivity index (χ0v) is 8.51. The van der Waals surface area contributed by atoms with Crippen LogP contribution in [-0.2, 0) is 9.53 Å². The zero-order valence-electron chi connectivity index (χ0n) is 8.51. The highest BCUT2D eigenvalue weighted by Crippen LogP contribution is 2.04. The van der Waals surface area contributed by atoms with E-state index in [4.69, 9.17) is 10.6 Å². The zero-order chi connectivity index (χ0) is 10.1. The van der Waals surface area contributed by atoms with Crippen LogP contribution in [0.15, 0.2) is 0 Å². The van der Waals surface area contributed by atoms with E-state index in [-0.39, 0.29) is 5.91 Å². The Morgan fingerprint density at radius 2 is 2.31 bits per heavy atom. The lowest BCUT2D eigenvalue weighted by atomic mass is 10.1. The Bertz CT molecular complexity index is 140. The molecule has 0 heterocycles. The van der Waals surface area contributed by atoms with Gasteiger partial charge in [0.2, 0.25) is 5.91 Å². The first kappa shape index (κ1) is 12.4. The predicted molar refractivity (Wildman–Crippen MR) is 51.8 cm³/mol. The molecule has 1 unspecified atom stereocenters. The summed E-state index contributed by atoms with van der Waals surface area (Å²) >= 11 is 0. The summed E-state index contributed by atoms with van der Waals surface area (Å²) in [7, 11) is 0. The minimum Gasteiger partial charge on any atom is -0.381 e. The van der Waals surface area contributed by atoms with Crippen LogP contribution < -0.4 is 11.3 Å². The molecule has 0 rings (SSSR count). The molecule has 0 saturated heterocycles. The van der Waals surface area contributed by atoms with E-state index in [9.17, 15) is 4.79 Å². The minimum absolute atomic E-state index is 0.178. The average molecular weight is 188 g/mol. The summed E-state index contributed by atoms with van der Waals surface area (Å²) < 4.78 is 5.30. The molecule has 0 aromatic heterocycles. The Labute approximate surface area is 79.8 Å². The van der Waals surface area contributed by atoms with Gasteiger partial charge in [-0.25, -0.2) is 5.84 Å². The fourth-order valence-electron chi connectivity index (χ4n) is 1.10. The fraction of sp³-hybridized carbons (Fsp3) is 0.889. The van der Waals surface area contributed by atoms with Gasteiger partial charge < -0.3 is 4.74 Å². The maximum absolute atomic E-state index is 10.7. The van der Waals surface area contributed by atoms with E-state index in [1.54, 1.807) is 0 Å². The lowest BCUT2D eigenvalue weighted by Crippen LogP contribution is -2.30. The summed E-state index contributed by atoms with van der Waals surface area (Å²) in [5.41, 5.74) is 2.06. The molecule has 0 fully saturated rings. The van der Waals surface area contributed by atoms with E-state index in [0.717, 1.165) is 6.61 Å². The molecule has 13 heavy (non-hydrogen) atoms. The number of nitrogens with two attached hydrogens (primary N) is 1. The van der Waals surface area contributed by atoms with Crippen molar-refractivity contribution in [3.63, 3.8) is 0 Å². The van der Waals surface area contributed by atoms with Gasteiger partial charge in [-0.1, -0.05) is 20.3 Å². The van der Waals surface area contributed by atoms with Crippen LogP contribution in [0.5, 0.6) is 0 Å². The molecule has 0 bridgehead atoms. The first-order valence-electron chi connectivity index (χ1n) is 4.77. The second-order valence-electron chi connectivity index (χ2n) is 3.29. The lowest BCUT2D eigenvalue weighted by Gasteiger charge is -2.09. The fourth-order valence-corrected chi connectivity index (χ4v) is 1.10. The Balaban J connectivity index is 3.20. The third-order valence-electron chi connectivity index (χ3n) is 1.82. The van der Waals surface area contributed by atoms with Crippen LogP contribution in [0.3, 0.4) is 0 Å². The first-order valence-corrected chi connectivity index (χ1v) is 4.77. The number of hydrazine groups is 1. The van der Waals surface area contributed by atoms with Crippen molar-refractivity contribution in [2.75, 3.05) is 13.2 Å². The summed E-state index contributed by atoms with van der Waals surface area (Å²) in [5.74, 6) is 5.30. The van der Waals surface area contributed by atoms with E-state index < -0.39 is 0 Å². The molecule has 78 valence electrons. The number of amides is 1. The van der Waals surface area contributed by atoms with Crippen LogP contribution in [0.25, 0.3) is 0 Å². The average Bonchev–Trinajstić information content (AvgIpc) is 2.12. The number of ether oxygens (including phenoxy) is 1. The van der Waals surface area contributed by atoms with E-state index in [1.165, 1.54) is 12.8 Å². The second kappa shape index (κ2) is 8.01. The second-order valence-corrected chi connectivity index (χ2v) is 3.29. The predicted octanol–water partition coefficient (Wildman–Crippen LogP) is 0.819. The molecule has 0 spiro atoms. The Kier molecular flexibility index (Phi) is 7.63. The SMILES string of the molecule is CCCC(C)COCCC(=O)NN. The van der Waals surface area contributed by atoms with Gasteiger partial charge in [-0.2, -0.15) is 0 Å². The number of hydrogen-bond donors (Lipinski definition) is 2. The highest BCUT2D eigenvalue weighted by molar-refractivity contribution is 5.75. The number of carbonyl (C=O) groups excluding carboxylic acids is 1. The Morgan fingerprint density at radius 3 is 2.85 bits per heavy atom. The molecular weight excluding hydrogens is 168 g/mol. The summed E-state index contributed by atoms with van der Waals surface area (Å²) in [4.78, 5) is 10.7. The maximum atomic E-state index is 10.7. The molecule has 4 heteroatoms. The van der Waals surface area contributed by atoms with Gasteiger partial charge in [0, 0.05) is 6.61 Å². The van der Waals surface area contributed by atoms with E-state index in [0.29, 0.717) is 18.9 Å². The first-order chi connectivity index (χ1) is 6.20. The molecule has 0 saturated carbocycles. The molecule has 0 aliphatic heterocycles. The van der Waals surface area contributed by atoms with Crippen molar-refractivity contribution in [3.8, 4) is 0 Å². The van der Waals surface area contributed by atoms with Gasteiger partial charge in [0.05, 0.1) is 13.0 Å². The minimum atomic E-state index is -0.178. The summed E-state index contributed by atoms with van der Waals surface area (Å²) in [6, 6.07) is 0. The molecule has 3 N–H and O–H groups in total. The van der Waals surface area contributed by atoms with Crippen LogP contribution in [-0.4, -0.2) is 19.1 Å². The highest BCUT2D eigenvalue weighted by atomic mass is 16.5. The quantitative estimate of drug-likeness (QED) is 0.269. The van der Waals surface area contributed by atoms with Crippen molar-refractivity contribution in [3.05, 3.63) is 0 Å². The van der Waals surface area contributed by atoms with Crippen LogP contribution in [0.1, 0.15) is 33.1 Å². The van der Waals surface area contributed by atoms with Crippen molar-refractivity contribution in [2.45, 2.75) is 33.1 Å². The Hall–Kier alpha value is -0.610. The molecule has 0 aromatic rings. The largest absolute Gasteiger partial charge is 0.381 e. The molecule has 0 aliphatic carbocycles. The molecule has 0 aromatic carbocycles. The van der Waals surface area contributed by atoms with Gasteiger partial charge >= 0.3 is 0 Å². The number of hydrogen-bond acceptors (Lipinski definition) is 3. The molecule has 4 nitrogen and oxygen atoms in total. The van der Waals surface area contributed by atoms with Crippen molar-refractivity contribution >= 4 is 5.91 Å². The monoisotopic (exact) mass is 188 g/mol. The summed E-state index contributed by atoms with van der Waals surface area (Å²) in [6.07, 6.45) is 2.69. The van der Waals surface area contributed by atoms with Gasteiger partial charge in [-0.05, 0) is 12.3 Å². The topological polar surface area (TPSA) is 64.3 Å². The maximum Gasteiger partial charge on any atom is 0.236 e. The van der Waals surface area contributed by atoms with Crippen LogP contribution in [0.4, 0.5) is 0 Å². The summed E-state index contributed by atoms with van der Waals surface area (Å²) in [5, 5.41) is 0. The van der Waals surface area contributed by atoms with Gasteiger partial charge in [0.1, 0.15) is 0 Å². The van der Waals surface area contributed by atoms with Crippen molar-refractivity contribution < 1.29 is 9.53 Å². The Morgan fingerprint density at radius 1 is 1.62 bits per heavy atom. The van der Waals surface area contributed by atoms with Crippen molar-refractivity contribution in [2.24, 2.45) is 11.8 Å². The smallest absolute Gasteiger partial charge is 0.236 e. The van der Waals surface area contributed by atoms with Gasteiger partial charge in [0.25, 0.3) is 0 Å². The number of carbonyl (C=O) groups is 1. The highest BCUT2D eigenvalue weighted by Gasteiger charge is 2.01. The number of rotatable bonds is 7. The van der Waals surface area contributed by atoms with Crippen LogP contribution in [0, 0.1) is 5.92 Å². The van der Waals surface area contributed by atoms with Crippen molar-refractivity contribution in [1.82, 2.24) is 5.43 Å². The van der Waals surface area contributed by atoms with E-state index in [2.05, 4.69) is 19.3 Å². The standard InChI is InChI=1S/C9H20N2O2/c1-3-4-8(2)7-13-6-5-9(12)11-10/h8H,3-7,10H2,1-2H3,(H,11,12). The normalized spacial score (nSPS) is 12.5. The van der Waals surface area contributed by atoms with E-state index in [1.807, 2.05) is 0 Å². The van der Waals surface area contributed by atoms with Gasteiger partial charge in [-0.3, -0.25) is 10.2 Å². The van der Waals surface area contributed by atoms with E-state index >= 15 is 0 Å². The van der Waals surface area contributed by atoms with Crippen LogP contribution in [0.2, 0.25) is 0 Å². The number of nitrogens with one attached hydrogen (secondary N) is 1. The summed E-state index contributed by atoms with van der Waals surface area (Å²) in [6.45, 7) is 5.48. The third kappa shape index (κ3) is 7.74. The lowest BCUT2D eigenvalue weighted by molar-refractivity contribution is -0.122. The van der Waals surface area contributed by atoms with Crippen LogP contribution >= 0.6 is 0 Å². The molecule has 1 atom stereocenters. The third-order valence-corrected chi connectivity index (χ3v) is 1.82. The molecule has 0 radical (unpaired) electrons. The van der Waals surface area contributed by atoms with Crippen molar-refractivity contribution in [1.29, 1.82) is 0 Å².